The van der Waals surface area contributed by atoms with Crippen LogP contribution in [0.5, 0.6) is 0 Å². The second-order valence-electron chi connectivity index (χ2n) is 5.92. The highest BCUT2D eigenvalue weighted by molar-refractivity contribution is 5.87. The summed E-state index contributed by atoms with van der Waals surface area (Å²) < 4.78 is 0. The van der Waals surface area contributed by atoms with E-state index in [-0.39, 0.29) is 65.3 Å². The van der Waals surface area contributed by atoms with Crippen molar-refractivity contribution in [1.29, 1.82) is 0 Å². The first-order valence-electron chi connectivity index (χ1n) is 9.17. The summed E-state index contributed by atoms with van der Waals surface area (Å²) in [5.41, 5.74) is 2.51. The summed E-state index contributed by atoms with van der Waals surface area (Å²) in [6, 6.07) is 0. The number of carboxylic acids is 1. The van der Waals surface area contributed by atoms with Crippen molar-refractivity contribution in [1.82, 2.24) is 31.2 Å². The predicted molar refractivity (Wildman–Crippen MR) is 108 cm³/mol. The Hall–Kier alpha value is -2.88. The van der Waals surface area contributed by atoms with Crippen LogP contribution in [0.2, 0.25) is 0 Å². The monoisotopic (exact) mass is 446 g/mol. The maximum atomic E-state index is 12.0. The van der Waals surface area contributed by atoms with E-state index in [1.165, 1.54) is 4.90 Å². The summed E-state index contributed by atoms with van der Waals surface area (Å²) in [6.45, 7) is 6.60. The number of nitrogens with one attached hydrogen (secondary N) is 4. The van der Waals surface area contributed by atoms with E-state index in [2.05, 4.69) is 39.5 Å². The number of nitrogens with zero attached hydrogens (tertiary/aromatic N) is 2. The Morgan fingerprint density at radius 3 is 2.06 bits per heavy atom. The highest BCUT2D eigenvalue weighted by Crippen LogP contribution is 1.94. The van der Waals surface area contributed by atoms with Gasteiger partial charge in [0.2, 0.25) is 17.7 Å². The molecule has 0 rings (SSSR count). The molecule has 0 aliphatic heterocycles. The van der Waals surface area contributed by atoms with Crippen molar-refractivity contribution in [2.75, 3.05) is 59.4 Å². The Balaban J connectivity index is 4.53. The molecule has 176 valence electrons. The summed E-state index contributed by atoms with van der Waals surface area (Å²) in [5, 5.41) is 24.9. The minimum atomic E-state index is -1.12. The van der Waals surface area contributed by atoms with Gasteiger partial charge in [0.05, 0.1) is 33.0 Å². The number of amides is 3. The van der Waals surface area contributed by atoms with Crippen LogP contribution in [-0.2, 0) is 28.9 Å². The first-order chi connectivity index (χ1) is 14.8. The van der Waals surface area contributed by atoms with Gasteiger partial charge in [0.15, 0.2) is 0 Å². The third-order valence-electron chi connectivity index (χ3n) is 3.56. The fraction of sp³-hybridized carbons (Fsp3) is 0.529. The van der Waals surface area contributed by atoms with E-state index in [4.69, 9.17) is 15.2 Å². The molecule has 0 radical (unpaired) electrons. The molecular formula is C17H30N6O8. The Morgan fingerprint density at radius 1 is 0.871 bits per heavy atom. The molecule has 0 bridgehead atoms. The number of hydrogen-bond acceptors (Lipinski definition) is 10. The molecule has 0 aromatic heterocycles. The van der Waals surface area contributed by atoms with Crippen LogP contribution >= 0.6 is 0 Å². The molecule has 0 spiro atoms. The number of aliphatic carboxylic acids is 1. The zero-order chi connectivity index (χ0) is 23.5. The lowest BCUT2D eigenvalue weighted by atomic mass is 10.4. The van der Waals surface area contributed by atoms with Gasteiger partial charge in [-0.05, 0) is 12.2 Å². The van der Waals surface area contributed by atoms with E-state index < -0.39 is 17.8 Å². The Labute approximate surface area is 179 Å². The molecular weight excluding hydrogens is 416 g/mol. The highest BCUT2D eigenvalue weighted by Gasteiger charge is 2.16. The molecule has 0 aliphatic rings. The average Bonchev–Trinajstić information content (AvgIpc) is 2.73. The van der Waals surface area contributed by atoms with Gasteiger partial charge in [-0.15, -0.1) is 0 Å². The first-order valence-corrected chi connectivity index (χ1v) is 9.17. The number of carbonyl (C=O) groups is 4. The zero-order valence-electron chi connectivity index (χ0n) is 17.2. The molecule has 14 nitrogen and oxygen atoms in total. The Bertz CT molecular complexity index is 603. The molecule has 14 heteroatoms. The van der Waals surface area contributed by atoms with Crippen molar-refractivity contribution in [2.45, 2.75) is 0 Å². The second-order valence-corrected chi connectivity index (χ2v) is 5.92. The molecule has 31 heavy (non-hydrogen) atoms. The number of hydrogen-bond donors (Lipinski definition) is 6. The molecule has 0 aromatic carbocycles. The molecule has 6 N–H and O–H groups in total. The summed E-state index contributed by atoms with van der Waals surface area (Å²) in [6.07, 6.45) is 2.16. The van der Waals surface area contributed by atoms with Crippen LogP contribution in [0.15, 0.2) is 25.3 Å². The second kappa shape index (κ2) is 17.9. The summed E-state index contributed by atoms with van der Waals surface area (Å²) >= 11 is 0. The van der Waals surface area contributed by atoms with Gasteiger partial charge >= 0.3 is 5.97 Å². The van der Waals surface area contributed by atoms with Gasteiger partial charge in [0, 0.05) is 19.6 Å². The normalized spacial score (nSPS) is 10.5. The fourth-order valence-electron chi connectivity index (χ4n) is 2.04. The maximum absolute atomic E-state index is 12.0. The van der Waals surface area contributed by atoms with Crippen molar-refractivity contribution in [3.8, 4) is 0 Å². The van der Waals surface area contributed by atoms with E-state index in [1.807, 2.05) is 0 Å². The SMILES string of the molecule is C=CC(=O)NCNOCN(CCOO)CCN(CC(=O)O)CC(=O)NCNC(=O)C=C. The molecule has 0 unspecified atom stereocenters. The van der Waals surface area contributed by atoms with Gasteiger partial charge in [0.25, 0.3) is 0 Å². The van der Waals surface area contributed by atoms with E-state index in [0.29, 0.717) is 0 Å². The number of rotatable bonds is 19. The van der Waals surface area contributed by atoms with Crippen LogP contribution in [0.4, 0.5) is 0 Å². The minimum absolute atomic E-state index is 0.0218. The van der Waals surface area contributed by atoms with Crippen molar-refractivity contribution in [3.63, 3.8) is 0 Å². The third-order valence-corrected chi connectivity index (χ3v) is 3.56. The molecule has 3 amide bonds. The summed E-state index contributed by atoms with van der Waals surface area (Å²) in [4.78, 5) is 57.5. The van der Waals surface area contributed by atoms with Gasteiger partial charge < -0.3 is 21.1 Å². The van der Waals surface area contributed by atoms with Crippen molar-refractivity contribution in [2.24, 2.45) is 0 Å². The molecule has 0 saturated heterocycles. The average molecular weight is 446 g/mol. The standard InChI is InChI=1S/C17H30N6O8/c1-3-14(24)18-11-19-16(26)9-23(10-17(27)28)6-5-22(7-8-31-29)13-30-21-12-20-15(25)4-2/h3-4,21,29H,1-2,5-13H2,(H,18,24)(H,19,26)(H,20,25)(H,27,28). The van der Waals surface area contributed by atoms with Crippen LogP contribution in [0.1, 0.15) is 0 Å². The van der Waals surface area contributed by atoms with E-state index >= 15 is 0 Å². The van der Waals surface area contributed by atoms with Crippen LogP contribution < -0.4 is 21.4 Å². The van der Waals surface area contributed by atoms with Crippen LogP contribution in [-0.4, -0.2) is 103 Å². The first kappa shape index (κ1) is 28.1. The number of carbonyl (C=O) groups excluding carboxylic acids is 3. The summed E-state index contributed by atoms with van der Waals surface area (Å²) in [7, 11) is 0. The van der Waals surface area contributed by atoms with Crippen LogP contribution in [0.25, 0.3) is 0 Å². The number of hydroxylamine groups is 1. The van der Waals surface area contributed by atoms with Crippen LogP contribution in [0, 0.1) is 0 Å². The topological polar surface area (TPSA) is 182 Å². The van der Waals surface area contributed by atoms with Gasteiger partial charge in [-0.1, -0.05) is 13.2 Å². The lowest BCUT2D eigenvalue weighted by Crippen LogP contribution is -2.46. The smallest absolute Gasteiger partial charge is 0.317 e. The van der Waals surface area contributed by atoms with E-state index in [1.54, 1.807) is 4.90 Å². The third kappa shape index (κ3) is 16.6. The molecule has 0 atom stereocenters. The number of carboxylic acid groups (broad SMARTS) is 1. The van der Waals surface area contributed by atoms with Crippen molar-refractivity contribution in [3.05, 3.63) is 25.3 Å². The van der Waals surface area contributed by atoms with E-state index in [9.17, 15) is 19.2 Å². The minimum Gasteiger partial charge on any atom is -0.480 e. The maximum Gasteiger partial charge on any atom is 0.317 e. The van der Waals surface area contributed by atoms with Crippen molar-refractivity contribution < 1.29 is 39.3 Å². The Morgan fingerprint density at radius 2 is 1.48 bits per heavy atom. The zero-order valence-corrected chi connectivity index (χ0v) is 17.2. The largest absolute Gasteiger partial charge is 0.480 e. The lowest BCUT2D eigenvalue weighted by Gasteiger charge is -2.26. The van der Waals surface area contributed by atoms with Gasteiger partial charge in [0.1, 0.15) is 6.73 Å². The molecule has 0 saturated carbocycles. The quantitative estimate of drug-likeness (QED) is 0.0399. The van der Waals surface area contributed by atoms with E-state index in [0.717, 1.165) is 12.2 Å². The van der Waals surface area contributed by atoms with Gasteiger partial charge in [-0.25, -0.2) is 4.89 Å². The predicted octanol–water partition coefficient (Wildman–Crippen LogP) is -2.72. The molecule has 0 fully saturated rings. The van der Waals surface area contributed by atoms with Crippen LogP contribution in [0.3, 0.4) is 0 Å². The molecule has 0 aliphatic carbocycles. The summed E-state index contributed by atoms with van der Waals surface area (Å²) in [5.74, 6) is -2.43. The van der Waals surface area contributed by atoms with Crippen molar-refractivity contribution >= 4 is 23.7 Å². The highest BCUT2D eigenvalue weighted by atomic mass is 17.1. The molecule has 0 aromatic rings. The molecule has 0 heterocycles. The van der Waals surface area contributed by atoms with Gasteiger partial charge in [-0.2, -0.15) is 5.48 Å². The fourth-order valence-corrected chi connectivity index (χ4v) is 2.04. The lowest BCUT2D eigenvalue weighted by molar-refractivity contribution is -0.245. The van der Waals surface area contributed by atoms with Gasteiger partial charge in [-0.3, -0.25) is 39.1 Å². The Kier molecular flexibility index (Phi) is 16.3.